The van der Waals surface area contributed by atoms with Gasteiger partial charge >= 0.3 is 35.7 Å². The number of nitrogens with two attached hydrogens (primary N) is 1. The third kappa shape index (κ3) is 5.01. The predicted octanol–water partition coefficient (Wildman–Crippen LogP) is -4.99. The summed E-state index contributed by atoms with van der Waals surface area (Å²) < 4.78 is 5.01. The van der Waals surface area contributed by atoms with Gasteiger partial charge in [0.15, 0.2) is 10.8 Å². The number of aromatic nitrogens is 1. The molecule has 0 spiro atoms. The SMILES string of the molecule is CN(C)C(=O)OCC1=C(C(=O)[O-])N2C(=O)C(NC(=O)C(=NO)c3csc(N)n3)[C@H]2SC1.[Na+]. The average molecular weight is 492 g/mol. The summed E-state index contributed by atoms with van der Waals surface area (Å²) in [7, 11) is 2.94. The Bertz CT molecular complexity index is 1010. The fourth-order valence-electron chi connectivity index (χ4n) is 2.88. The summed E-state index contributed by atoms with van der Waals surface area (Å²) in [5, 5.41) is 27.0. The van der Waals surface area contributed by atoms with Crippen LogP contribution in [0.2, 0.25) is 0 Å². The number of nitrogen functional groups attached to an aromatic ring is 1. The summed E-state index contributed by atoms with van der Waals surface area (Å²) >= 11 is 2.21. The second kappa shape index (κ2) is 10.5. The van der Waals surface area contributed by atoms with Crippen LogP contribution in [-0.2, 0) is 19.1 Å². The molecule has 1 fully saturated rings. The van der Waals surface area contributed by atoms with Crippen molar-refractivity contribution >= 4 is 57.8 Å². The number of thiazole rings is 1. The number of rotatable bonds is 6. The number of β-lactam (4-membered cyclic amide) rings is 1. The number of fused-ring (bicyclic) bond motifs is 1. The summed E-state index contributed by atoms with van der Waals surface area (Å²) in [6.45, 7) is -0.326. The number of hydrogen-bond acceptors (Lipinski definition) is 12. The number of hydrogen-bond donors (Lipinski definition) is 3. The van der Waals surface area contributed by atoms with E-state index in [1.807, 2.05) is 0 Å². The topological polar surface area (TPSA) is 191 Å². The minimum atomic E-state index is -1.60. The maximum absolute atomic E-state index is 12.6. The van der Waals surface area contributed by atoms with Crippen LogP contribution >= 0.6 is 23.1 Å². The van der Waals surface area contributed by atoms with E-state index in [1.165, 1.54) is 36.1 Å². The molecule has 0 bridgehead atoms. The van der Waals surface area contributed by atoms with E-state index in [1.54, 1.807) is 0 Å². The first-order valence-electron chi connectivity index (χ1n) is 8.62. The number of carbonyl (C=O) groups excluding carboxylic acids is 4. The third-order valence-electron chi connectivity index (χ3n) is 4.34. The molecule has 3 rings (SSSR count). The van der Waals surface area contributed by atoms with E-state index < -0.39 is 46.7 Å². The van der Waals surface area contributed by atoms with Crippen molar-refractivity contribution < 1.29 is 63.8 Å². The fourth-order valence-corrected chi connectivity index (χ4v) is 4.75. The number of ether oxygens (including phenoxy) is 1. The average Bonchev–Trinajstić information content (AvgIpc) is 3.15. The number of carbonyl (C=O) groups is 4. The van der Waals surface area contributed by atoms with E-state index in [0.717, 1.165) is 16.2 Å². The van der Waals surface area contributed by atoms with Crippen LogP contribution in [0.3, 0.4) is 0 Å². The normalized spacial score (nSPS) is 20.0. The molecule has 1 saturated heterocycles. The molecule has 32 heavy (non-hydrogen) atoms. The van der Waals surface area contributed by atoms with Crippen molar-refractivity contribution in [3.8, 4) is 0 Å². The molecule has 1 aromatic heterocycles. The molecule has 4 N–H and O–H groups in total. The molecule has 13 nitrogen and oxygen atoms in total. The van der Waals surface area contributed by atoms with Gasteiger partial charge in [-0.1, -0.05) is 5.16 Å². The molecule has 3 amide bonds. The molecule has 2 atom stereocenters. The molecule has 166 valence electrons. The fraction of sp³-hybridized carbons (Fsp3) is 0.375. The largest absolute Gasteiger partial charge is 1.00 e. The second-order valence-electron chi connectivity index (χ2n) is 6.57. The Kier molecular flexibility index (Phi) is 8.53. The summed E-state index contributed by atoms with van der Waals surface area (Å²) in [5.74, 6) is -3.05. The monoisotopic (exact) mass is 492 g/mol. The maximum Gasteiger partial charge on any atom is 1.00 e. The van der Waals surface area contributed by atoms with Crippen LogP contribution < -0.4 is 45.7 Å². The van der Waals surface area contributed by atoms with Gasteiger partial charge in [0.05, 0.1) is 11.7 Å². The maximum atomic E-state index is 12.6. The van der Waals surface area contributed by atoms with Gasteiger partial charge in [-0.15, -0.1) is 23.1 Å². The van der Waals surface area contributed by atoms with Gasteiger partial charge in [0.1, 0.15) is 23.7 Å². The Balaban J connectivity index is 0.00000363. The van der Waals surface area contributed by atoms with Crippen molar-refractivity contribution in [2.75, 3.05) is 32.2 Å². The Labute approximate surface area is 211 Å². The van der Waals surface area contributed by atoms with Crippen molar-refractivity contribution in [2.24, 2.45) is 5.16 Å². The van der Waals surface area contributed by atoms with Gasteiger partial charge in [0.25, 0.3) is 11.8 Å². The second-order valence-corrected chi connectivity index (χ2v) is 8.56. The Hall–Kier alpha value is -2.33. The standard InChI is InChI=1S/C16H18N6O7S2.Na/c1-21(2)16(27)29-3-6-4-30-13-9(12(24)22(13)10(6)14(25)26)19-11(23)8(20-28)7-5-31-15(17)18-7;/h5,9,13,28H,3-4H2,1-2H3,(H2,17,18)(H,19,23)(H,25,26);/q;+1/p-1/t9?,13-;/m1./s1. The molecule has 16 heteroatoms. The van der Waals surface area contributed by atoms with Crippen molar-refractivity contribution in [2.45, 2.75) is 11.4 Å². The number of anilines is 1. The van der Waals surface area contributed by atoms with Crippen molar-refractivity contribution in [1.29, 1.82) is 0 Å². The van der Waals surface area contributed by atoms with Crippen LogP contribution in [0.25, 0.3) is 0 Å². The molecule has 3 heterocycles. The molecule has 0 aliphatic carbocycles. The van der Waals surface area contributed by atoms with Crippen molar-refractivity contribution in [1.82, 2.24) is 20.1 Å². The van der Waals surface area contributed by atoms with Gasteiger partial charge in [-0.25, -0.2) is 9.78 Å². The Morgan fingerprint density at radius 1 is 1.47 bits per heavy atom. The van der Waals surface area contributed by atoms with Crippen LogP contribution in [0.15, 0.2) is 21.8 Å². The number of carboxylic acid groups (broad SMARTS) is 1. The summed E-state index contributed by atoms with van der Waals surface area (Å²) in [4.78, 5) is 54.4. The Morgan fingerprint density at radius 2 is 2.16 bits per heavy atom. The minimum Gasteiger partial charge on any atom is -0.543 e. The van der Waals surface area contributed by atoms with E-state index in [9.17, 15) is 24.3 Å². The molecular weight excluding hydrogens is 475 g/mol. The van der Waals surface area contributed by atoms with Gasteiger partial charge in [-0.2, -0.15) is 0 Å². The zero-order valence-electron chi connectivity index (χ0n) is 17.2. The minimum absolute atomic E-state index is 0. The smallest absolute Gasteiger partial charge is 0.543 e. The number of amides is 3. The first kappa shape index (κ1) is 25.9. The van der Waals surface area contributed by atoms with Crippen LogP contribution in [0.4, 0.5) is 9.93 Å². The number of nitrogens with one attached hydrogen (secondary N) is 1. The van der Waals surface area contributed by atoms with E-state index in [2.05, 4.69) is 15.5 Å². The van der Waals surface area contributed by atoms with Gasteiger partial charge in [0.2, 0.25) is 0 Å². The molecule has 0 radical (unpaired) electrons. The summed E-state index contributed by atoms with van der Waals surface area (Å²) in [5.41, 5.74) is 4.91. The van der Waals surface area contributed by atoms with Crippen LogP contribution in [0.1, 0.15) is 5.69 Å². The third-order valence-corrected chi connectivity index (χ3v) is 6.36. The van der Waals surface area contributed by atoms with Gasteiger partial charge in [-0.3, -0.25) is 14.5 Å². The predicted molar refractivity (Wildman–Crippen MR) is 107 cm³/mol. The zero-order valence-corrected chi connectivity index (χ0v) is 20.9. The number of oxime groups is 1. The van der Waals surface area contributed by atoms with Gasteiger partial charge in [-0.05, 0) is 0 Å². The summed E-state index contributed by atoms with van der Waals surface area (Å²) in [6.07, 6.45) is -0.670. The Morgan fingerprint density at radius 3 is 2.69 bits per heavy atom. The molecule has 2 aliphatic heterocycles. The van der Waals surface area contributed by atoms with Gasteiger partial charge in [0, 0.05) is 30.8 Å². The quantitative estimate of drug-likeness (QED) is 0.114. The van der Waals surface area contributed by atoms with Crippen molar-refractivity contribution in [3.63, 3.8) is 0 Å². The number of thioether (sulfide) groups is 1. The van der Waals surface area contributed by atoms with E-state index in [-0.39, 0.29) is 58.3 Å². The van der Waals surface area contributed by atoms with E-state index >= 15 is 0 Å². The van der Waals surface area contributed by atoms with E-state index in [0.29, 0.717) is 0 Å². The number of carboxylic acids is 1. The summed E-state index contributed by atoms with van der Waals surface area (Å²) in [6, 6.07) is -1.06. The molecule has 0 aromatic carbocycles. The van der Waals surface area contributed by atoms with Crippen LogP contribution in [0.5, 0.6) is 0 Å². The van der Waals surface area contributed by atoms with Gasteiger partial charge < -0.3 is 35.8 Å². The van der Waals surface area contributed by atoms with Crippen LogP contribution in [0, 0.1) is 0 Å². The van der Waals surface area contributed by atoms with Crippen LogP contribution in [-0.4, -0.2) is 87.5 Å². The first-order chi connectivity index (χ1) is 14.6. The van der Waals surface area contributed by atoms with E-state index in [4.69, 9.17) is 15.7 Å². The molecule has 0 saturated carbocycles. The molecule has 1 aromatic rings. The van der Waals surface area contributed by atoms with Crippen molar-refractivity contribution in [3.05, 3.63) is 22.3 Å². The number of nitrogens with zero attached hydrogens (tertiary/aromatic N) is 4. The molecule has 1 unspecified atom stereocenters. The molecule has 2 aliphatic rings. The zero-order chi connectivity index (χ0) is 22.9. The molecular formula is C16H17N6NaO7S2. The number of aliphatic carboxylic acids is 1. The first-order valence-corrected chi connectivity index (χ1v) is 10.5.